The second-order valence-electron chi connectivity index (χ2n) is 0. The Hall–Kier alpha value is -0.251. The molecule has 0 aliphatic heterocycles. The molecule has 0 aromatic carbocycles. The van der Waals surface area contributed by atoms with Crippen LogP contribution in [0.4, 0.5) is 0 Å². The summed E-state index contributed by atoms with van der Waals surface area (Å²) in [5.74, 6) is 0. The van der Waals surface area contributed by atoms with Gasteiger partial charge in [-0.15, -0.1) is 12.4 Å². The third-order valence-electron chi connectivity index (χ3n) is 0. The van der Waals surface area contributed by atoms with E-state index in [1.807, 2.05) is 0 Å². The van der Waals surface area contributed by atoms with Crippen LogP contribution in [-0.4, -0.2) is 59.1 Å². The SMILES string of the molecule is C#N.C#N.C#N.C#N.C#N.C#N.Cl.[Fe].[NaH].[NaH]. The van der Waals surface area contributed by atoms with Gasteiger partial charge in [0.15, 0.2) is 0 Å². The van der Waals surface area contributed by atoms with Crippen molar-refractivity contribution in [3.05, 3.63) is 0 Å². The van der Waals surface area contributed by atoms with E-state index in [4.69, 9.17) is 31.6 Å². The van der Waals surface area contributed by atoms with E-state index in [-0.39, 0.29) is 88.6 Å². The van der Waals surface area contributed by atoms with Crippen LogP contribution in [0, 0.1) is 71.0 Å². The fourth-order valence-corrected chi connectivity index (χ4v) is 0. The molecule has 0 saturated heterocycles. The Morgan fingerprint density at radius 3 is 0.375 bits per heavy atom. The fourth-order valence-electron chi connectivity index (χ4n) is 0. The van der Waals surface area contributed by atoms with Gasteiger partial charge in [0.2, 0.25) is 0 Å². The van der Waals surface area contributed by atoms with Gasteiger partial charge in [-0.2, -0.15) is 0 Å². The van der Waals surface area contributed by atoms with E-state index in [2.05, 4.69) is 39.4 Å². The summed E-state index contributed by atoms with van der Waals surface area (Å²) in [5, 5.41) is 39.0. The first kappa shape index (κ1) is 104. The predicted octanol–water partition coefficient (Wildman–Crippen LogP) is -0.0390. The van der Waals surface area contributed by atoms with Crippen LogP contribution in [0.15, 0.2) is 0 Å². The Labute approximate surface area is 158 Å². The van der Waals surface area contributed by atoms with Crippen LogP contribution < -0.4 is 0 Å². The van der Waals surface area contributed by atoms with Gasteiger partial charge in [-0.25, -0.2) is 31.6 Å². The van der Waals surface area contributed by atoms with Gasteiger partial charge in [-0.1, -0.05) is 0 Å². The molecule has 10 heteroatoms. The van der Waals surface area contributed by atoms with E-state index in [0.29, 0.717) is 0 Å². The van der Waals surface area contributed by atoms with Crippen LogP contribution in [0.3, 0.4) is 0 Å². The summed E-state index contributed by atoms with van der Waals surface area (Å²) in [4.78, 5) is 0. The molecule has 0 atom stereocenters. The number of nitriles is 6. The molecule has 0 aliphatic carbocycles. The first-order valence-electron chi connectivity index (χ1n) is 1.55. The van der Waals surface area contributed by atoms with Gasteiger partial charge >= 0.3 is 59.1 Å². The molecule has 0 unspecified atom stereocenters. The van der Waals surface area contributed by atoms with Crippen molar-refractivity contribution in [2.75, 3.05) is 0 Å². The molecule has 80 valence electrons. The minimum atomic E-state index is 0. The standard InChI is InChI=1S/6CHN.ClH.Fe.2Na.2H/c6*1-2;;;;;;/h6*1H;1H;;;;;. The van der Waals surface area contributed by atoms with Crippen molar-refractivity contribution in [1.82, 2.24) is 0 Å². The second-order valence-corrected chi connectivity index (χ2v) is 0. The van der Waals surface area contributed by atoms with Crippen LogP contribution in [0.25, 0.3) is 0 Å². The molecular formula is C6H9ClFeN6Na2. The van der Waals surface area contributed by atoms with Gasteiger partial charge in [-0.3, -0.25) is 0 Å². The third kappa shape index (κ3) is 35600. The first-order valence-corrected chi connectivity index (χ1v) is 1.55. The summed E-state index contributed by atoms with van der Waals surface area (Å²) in [6.45, 7) is 21.0. The van der Waals surface area contributed by atoms with Crippen molar-refractivity contribution in [2.24, 2.45) is 0 Å². The van der Waals surface area contributed by atoms with Gasteiger partial charge in [0.25, 0.3) is 0 Å². The van der Waals surface area contributed by atoms with Gasteiger partial charge < -0.3 is 0 Å². The number of nitrogens with zero attached hydrogens (tertiary/aromatic N) is 6. The van der Waals surface area contributed by atoms with Crippen molar-refractivity contribution >= 4 is 71.5 Å². The molecule has 0 heterocycles. The molecule has 0 bridgehead atoms. The zero-order chi connectivity index (χ0) is 12.0. The Bertz CT molecular complexity index is 106. The number of hydrogen-bond acceptors (Lipinski definition) is 6. The number of rotatable bonds is 0. The van der Waals surface area contributed by atoms with E-state index >= 15 is 0 Å². The van der Waals surface area contributed by atoms with Gasteiger partial charge in [-0.05, 0) is 0 Å². The molecule has 0 amide bonds. The molecular weight excluding hydrogens is 293 g/mol. The summed E-state index contributed by atoms with van der Waals surface area (Å²) in [6.07, 6.45) is 0. The van der Waals surface area contributed by atoms with Crippen LogP contribution >= 0.6 is 12.4 Å². The van der Waals surface area contributed by atoms with Crippen LogP contribution in [0.2, 0.25) is 0 Å². The van der Waals surface area contributed by atoms with Crippen molar-refractivity contribution in [2.45, 2.75) is 0 Å². The van der Waals surface area contributed by atoms with Crippen molar-refractivity contribution in [3.63, 3.8) is 0 Å². The Balaban J connectivity index is -0.00000000321. The molecule has 0 N–H and O–H groups in total. The van der Waals surface area contributed by atoms with E-state index in [9.17, 15) is 0 Å². The summed E-state index contributed by atoms with van der Waals surface area (Å²) >= 11 is 0. The molecule has 0 rings (SSSR count). The predicted molar refractivity (Wildman–Crippen MR) is 61.6 cm³/mol. The zero-order valence-electron chi connectivity index (χ0n) is 6.91. The summed E-state index contributed by atoms with van der Waals surface area (Å²) < 4.78 is 0. The van der Waals surface area contributed by atoms with Crippen LogP contribution in [0.5, 0.6) is 0 Å². The Morgan fingerprint density at radius 1 is 0.375 bits per heavy atom. The number of hydrogen-bond donors (Lipinski definition) is 0. The molecule has 0 fully saturated rings. The van der Waals surface area contributed by atoms with Crippen molar-refractivity contribution in [3.8, 4) is 39.4 Å². The van der Waals surface area contributed by atoms with E-state index in [1.165, 1.54) is 0 Å². The molecule has 0 saturated carbocycles. The van der Waals surface area contributed by atoms with Crippen molar-refractivity contribution < 1.29 is 17.1 Å². The molecule has 0 aromatic heterocycles. The molecule has 0 aromatic rings. The van der Waals surface area contributed by atoms with Gasteiger partial charge in [0.1, 0.15) is 0 Å². The van der Waals surface area contributed by atoms with Crippen molar-refractivity contribution in [1.29, 1.82) is 31.6 Å². The minimum absolute atomic E-state index is 0. The third-order valence-corrected chi connectivity index (χ3v) is 0. The Morgan fingerprint density at radius 2 is 0.375 bits per heavy atom. The van der Waals surface area contributed by atoms with E-state index in [1.54, 1.807) is 0 Å². The summed E-state index contributed by atoms with van der Waals surface area (Å²) in [7, 11) is 0. The average Bonchev–Trinajstić information content (AvgIpc) is 2.33. The molecule has 0 radical (unpaired) electrons. The van der Waals surface area contributed by atoms with Gasteiger partial charge in [0, 0.05) is 56.5 Å². The monoisotopic (exact) mass is 302 g/mol. The Kier molecular flexibility index (Phi) is 288000. The van der Waals surface area contributed by atoms with Gasteiger partial charge in [0.05, 0.1) is 0 Å². The molecule has 0 spiro atoms. The average molecular weight is 302 g/mol. The molecule has 0 aliphatic rings. The second kappa shape index (κ2) is 44400. The normalized spacial score (nSPS) is 0.750. The maximum atomic E-state index is 6.50. The summed E-state index contributed by atoms with van der Waals surface area (Å²) in [5.41, 5.74) is 0. The van der Waals surface area contributed by atoms with E-state index in [0.717, 1.165) is 0 Å². The van der Waals surface area contributed by atoms with Crippen LogP contribution in [-0.2, 0) is 17.1 Å². The maximum absolute atomic E-state index is 6.50. The topological polar surface area (TPSA) is 143 Å². The molecule has 6 nitrogen and oxygen atoms in total. The fraction of sp³-hybridized carbons (Fsp3) is 0. The quantitative estimate of drug-likeness (QED) is 0.574. The van der Waals surface area contributed by atoms with Crippen LogP contribution in [0.1, 0.15) is 0 Å². The number of halogens is 1. The molecule has 16 heavy (non-hydrogen) atoms. The summed E-state index contributed by atoms with van der Waals surface area (Å²) in [6, 6.07) is 0. The first-order chi connectivity index (χ1) is 6.00. The zero-order valence-corrected chi connectivity index (χ0v) is 8.83. The van der Waals surface area contributed by atoms with E-state index < -0.39 is 0 Å².